The van der Waals surface area contributed by atoms with Crippen molar-refractivity contribution in [3.8, 4) is 11.5 Å². The molecule has 0 saturated carbocycles. The Morgan fingerprint density at radius 3 is 2.84 bits per heavy atom. The fourth-order valence-electron chi connectivity index (χ4n) is 2.05. The highest BCUT2D eigenvalue weighted by Gasteiger charge is 2.25. The highest BCUT2D eigenvalue weighted by atomic mass is 16.6. The first-order valence-corrected chi connectivity index (χ1v) is 6.19. The van der Waals surface area contributed by atoms with Crippen LogP contribution in [-0.4, -0.2) is 16.6 Å². The summed E-state index contributed by atoms with van der Waals surface area (Å²) in [5, 5.41) is 0. The minimum atomic E-state index is -0.292. The van der Waals surface area contributed by atoms with E-state index in [0.717, 1.165) is 22.9 Å². The van der Waals surface area contributed by atoms with Gasteiger partial charge in [-0.1, -0.05) is 12.1 Å². The number of benzene rings is 1. The molecule has 98 valence electrons. The lowest BCUT2D eigenvalue weighted by Gasteiger charge is -2.25. The molecule has 1 aromatic heterocycles. The van der Waals surface area contributed by atoms with E-state index in [1.165, 1.54) is 0 Å². The van der Waals surface area contributed by atoms with E-state index in [9.17, 15) is 0 Å². The van der Waals surface area contributed by atoms with Crippen LogP contribution in [0.3, 0.4) is 0 Å². The van der Waals surface area contributed by atoms with Crippen molar-refractivity contribution in [3.63, 3.8) is 0 Å². The summed E-state index contributed by atoms with van der Waals surface area (Å²) < 4.78 is 11.5. The molecule has 0 radical (unpaired) electrons. The Hall–Kier alpha value is -2.14. The zero-order valence-corrected chi connectivity index (χ0v) is 10.7. The number of nitrogens with zero attached hydrogens (tertiary/aromatic N) is 2. The van der Waals surface area contributed by atoms with Crippen LogP contribution < -0.4 is 15.2 Å². The van der Waals surface area contributed by atoms with Crippen molar-refractivity contribution in [2.24, 2.45) is 5.73 Å². The number of hydrogen-bond donors (Lipinski definition) is 1. The fourth-order valence-corrected chi connectivity index (χ4v) is 2.05. The molecule has 2 heterocycles. The fraction of sp³-hybridized carbons (Fsp3) is 0.286. The van der Waals surface area contributed by atoms with Gasteiger partial charge in [-0.15, -0.1) is 0 Å². The van der Waals surface area contributed by atoms with Crippen molar-refractivity contribution in [1.29, 1.82) is 0 Å². The smallest absolute Gasteiger partial charge is 0.192 e. The van der Waals surface area contributed by atoms with Crippen molar-refractivity contribution in [3.05, 3.63) is 47.5 Å². The van der Waals surface area contributed by atoms with Crippen molar-refractivity contribution >= 4 is 0 Å². The van der Waals surface area contributed by atoms with E-state index in [2.05, 4.69) is 9.97 Å². The number of para-hydroxylation sites is 2. The van der Waals surface area contributed by atoms with Gasteiger partial charge in [0, 0.05) is 12.2 Å². The Balaban J connectivity index is 1.90. The average molecular weight is 257 g/mol. The van der Waals surface area contributed by atoms with Crippen LogP contribution in [-0.2, 0) is 6.54 Å². The van der Waals surface area contributed by atoms with Crippen LogP contribution in [0.1, 0.15) is 23.3 Å². The van der Waals surface area contributed by atoms with E-state index in [1.54, 1.807) is 0 Å². The predicted molar refractivity (Wildman–Crippen MR) is 70.0 cm³/mol. The molecule has 5 nitrogen and oxygen atoms in total. The summed E-state index contributed by atoms with van der Waals surface area (Å²) in [5.74, 6) is 2.10. The summed E-state index contributed by atoms with van der Waals surface area (Å²) in [4.78, 5) is 8.81. The molecule has 0 spiro atoms. The van der Waals surface area contributed by atoms with Crippen LogP contribution >= 0.6 is 0 Å². The number of nitrogens with two attached hydrogens (primary N) is 1. The number of rotatable bonds is 2. The lowest BCUT2D eigenvalue weighted by molar-refractivity contribution is 0.0847. The Morgan fingerprint density at radius 2 is 2.05 bits per heavy atom. The van der Waals surface area contributed by atoms with Gasteiger partial charge in [-0.05, 0) is 25.1 Å². The van der Waals surface area contributed by atoms with Gasteiger partial charge < -0.3 is 15.2 Å². The van der Waals surface area contributed by atoms with Gasteiger partial charge in [0.05, 0.1) is 5.69 Å². The molecule has 2 aromatic rings. The molecule has 1 aliphatic heterocycles. The van der Waals surface area contributed by atoms with Crippen LogP contribution in [0.15, 0.2) is 30.3 Å². The lowest BCUT2D eigenvalue weighted by atomic mass is 10.2. The molecular weight excluding hydrogens is 242 g/mol. The van der Waals surface area contributed by atoms with Crippen LogP contribution in [0.5, 0.6) is 11.5 Å². The normalized spacial score (nSPS) is 17.3. The van der Waals surface area contributed by atoms with E-state index in [0.29, 0.717) is 19.0 Å². The second kappa shape index (κ2) is 4.85. The molecule has 2 N–H and O–H groups in total. The van der Waals surface area contributed by atoms with E-state index >= 15 is 0 Å². The largest absolute Gasteiger partial charge is 0.485 e. The standard InChI is InChI=1S/C14H15N3O2/c1-9-6-10(7-15)17-14(16-9)13-8-18-11-4-2-3-5-12(11)19-13/h2-6,13H,7-8,15H2,1H3. The maximum Gasteiger partial charge on any atom is 0.192 e. The summed E-state index contributed by atoms with van der Waals surface area (Å²) in [6, 6.07) is 9.46. The molecule has 0 fully saturated rings. The van der Waals surface area contributed by atoms with Gasteiger partial charge in [0.2, 0.25) is 0 Å². The molecule has 1 atom stereocenters. The topological polar surface area (TPSA) is 70.3 Å². The van der Waals surface area contributed by atoms with Crippen molar-refractivity contribution < 1.29 is 9.47 Å². The minimum absolute atomic E-state index is 0.292. The van der Waals surface area contributed by atoms with E-state index < -0.39 is 0 Å². The molecule has 1 unspecified atom stereocenters. The first kappa shape index (κ1) is 11.9. The Bertz CT molecular complexity index is 601. The van der Waals surface area contributed by atoms with E-state index in [1.807, 2.05) is 37.3 Å². The Labute approximate surface area is 111 Å². The Kier molecular flexibility index (Phi) is 3.05. The highest BCUT2D eigenvalue weighted by molar-refractivity contribution is 5.41. The third-order valence-corrected chi connectivity index (χ3v) is 2.93. The average Bonchev–Trinajstić information content (AvgIpc) is 2.46. The molecule has 19 heavy (non-hydrogen) atoms. The molecule has 0 aliphatic carbocycles. The number of ether oxygens (including phenoxy) is 2. The van der Waals surface area contributed by atoms with Gasteiger partial charge in [0.1, 0.15) is 6.61 Å². The van der Waals surface area contributed by atoms with Gasteiger partial charge in [0.15, 0.2) is 23.4 Å². The highest BCUT2D eigenvalue weighted by Crippen LogP contribution is 2.34. The molecule has 3 rings (SSSR count). The second-order valence-corrected chi connectivity index (χ2v) is 4.43. The Morgan fingerprint density at radius 1 is 1.26 bits per heavy atom. The zero-order valence-electron chi connectivity index (χ0n) is 10.7. The SMILES string of the molecule is Cc1cc(CN)nc(C2COc3ccccc3O2)n1. The van der Waals surface area contributed by atoms with Crippen LogP contribution in [0.2, 0.25) is 0 Å². The van der Waals surface area contributed by atoms with Crippen molar-refractivity contribution in [2.45, 2.75) is 19.6 Å². The third-order valence-electron chi connectivity index (χ3n) is 2.93. The molecule has 0 amide bonds. The summed E-state index contributed by atoms with van der Waals surface area (Å²) in [6.07, 6.45) is -0.292. The van der Waals surface area contributed by atoms with Gasteiger partial charge in [-0.2, -0.15) is 0 Å². The van der Waals surface area contributed by atoms with Crippen molar-refractivity contribution in [2.75, 3.05) is 6.61 Å². The van der Waals surface area contributed by atoms with Gasteiger partial charge in [0.25, 0.3) is 0 Å². The quantitative estimate of drug-likeness (QED) is 0.887. The maximum atomic E-state index is 5.88. The molecular formula is C14H15N3O2. The van der Waals surface area contributed by atoms with Crippen molar-refractivity contribution in [1.82, 2.24) is 9.97 Å². The monoisotopic (exact) mass is 257 g/mol. The first-order chi connectivity index (χ1) is 9.26. The number of fused-ring (bicyclic) bond motifs is 1. The number of aryl methyl sites for hydroxylation is 1. The summed E-state index contributed by atoms with van der Waals surface area (Å²) in [5.41, 5.74) is 7.32. The van der Waals surface area contributed by atoms with Gasteiger partial charge >= 0.3 is 0 Å². The summed E-state index contributed by atoms with van der Waals surface area (Å²) >= 11 is 0. The second-order valence-electron chi connectivity index (χ2n) is 4.43. The van der Waals surface area contributed by atoms with E-state index in [-0.39, 0.29) is 6.10 Å². The molecule has 0 saturated heterocycles. The van der Waals surface area contributed by atoms with Crippen LogP contribution in [0.4, 0.5) is 0 Å². The summed E-state index contributed by atoms with van der Waals surface area (Å²) in [6.45, 7) is 2.72. The van der Waals surface area contributed by atoms with E-state index in [4.69, 9.17) is 15.2 Å². The van der Waals surface area contributed by atoms with Crippen LogP contribution in [0, 0.1) is 6.92 Å². The maximum absolute atomic E-state index is 5.88. The molecule has 1 aromatic carbocycles. The van der Waals surface area contributed by atoms with Crippen LogP contribution in [0.25, 0.3) is 0 Å². The molecule has 0 bridgehead atoms. The summed E-state index contributed by atoms with van der Waals surface area (Å²) in [7, 11) is 0. The molecule has 1 aliphatic rings. The lowest BCUT2D eigenvalue weighted by Crippen LogP contribution is -2.24. The zero-order chi connectivity index (χ0) is 13.2. The predicted octanol–water partition coefficient (Wildman–Crippen LogP) is 1.76. The third kappa shape index (κ3) is 2.37. The minimum Gasteiger partial charge on any atom is -0.485 e. The number of hydrogen-bond acceptors (Lipinski definition) is 5. The number of aromatic nitrogens is 2. The van der Waals surface area contributed by atoms with Gasteiger partial charge in [-0.3, -0.25) is 0 Å². The molecule has 5 heteroatoms. The van der Waals surface area contributed by atoms with Gasteiger partial charge in [-0.25, -0.2) is 9.97 Å². The first-order valence-electron chi connectivity index (χ1n) is 6.19.